The maximum Gasteiger partial charge on any atom is -0.147 e. The summed E-state index contributed by atoms with van der Waals surface area (Å²) in [4.78, 5) is 0. The second-order valence-electron chi connectivity index (χ2n) is 2.46. The maximum atomic E-state index is 2.28. The van der Waals surface area contributed by atoms with Gasteiger partial charge in [-0.3, -0.25) is 0 Å². The Kier molecular flexibility index (Phi) is 28.7. The van der Waals surface area contributed by atoms with Crippen molar-refractivity contribution in [2.75, 3.05) is 0 Å². The number of rotatable bonds is 6. The van der Waals surface area contributed by atoms with Crippen molar-refractivity contribution in [1.82, 2.24) is 0 Å². The van der Waals surface area contributed by atoms with Gasteiger partial charge in [0.05, 0.1) is 0 Å². The van der Waals surface area contributed by atoms with Gasteiger partial charge in [-0.2, -0.15) is 0 Å². The summed E-state index contributed by atoms with van der Waals surface area (Å²) >= 11 is 0.496. The molecule has 0 aromatic carbocycles. The van der Waals surface area contributed by atoms with Crippen LogP contribution in [-0.4, -0.2) is 0 Å². The number of unbranched alkanes of at least 4 members (excludes halogenated alkanes) is 2. The van der Waals surface area contributed by atoms with Crippen LogP contribution >= 0.6 is 24.8 Å². The Labute approximate surface area is 92.7 Å². The first-order valence-corrected chi connectivity index (χ1v) is 6.33. The second kappa shape index (κ2) is 17.4. The Hall–Kier alpha value is 1.29. The van der Waals surface area contributed by atoms with Gasteiger partial charge < -0.3 is 0 Å². The van der Waals surface area contributed by atoms with Crippen LogP contribution in [0.15, 0.2) is 0 Å². The molecule has 0 fully saturated rings. The van der Waals surface area contributed by atoms with E-state index in [0.29, 0.717) is 19.2 Å². The van der Waals surface area contributed by atoms with Crippen molar-refractivity contribution in [3.05, 3.63) is 0 Å². The Morgan fingerprint density at radius 2 is 1.18 bits per heavy atom. The fourth-order valence-electron chi connectivity index (χ4n) is 0.729. The monoisotopic (exact) mass is 234 g/mol. The minimum atomic E-state index is 0. The molecule has 0 rings (SSSR count). The van der Waals surface area contributed by atoms with Crippen molar-refractivity contribution in [3.8, 4) is 0 Å². The van der Waals surface area contributed by atoms with Gasteiger partial charge in [0.2, 0.25) is 0 Å². The van der Waals surface area contributed by atoms with E-state index in [1.54, 1.807) is 9.45 Å². The fraction of sp³-hybridized carbons (Fsp3) is 1.00. The molecule has 70 valence electrons. The van der Waals surface area contributed by atoms with Crippen LogP contribution < -0.4 is 0 Å². The van der Waals surface area contributed by atoms with E-state index in [9.17, 15) is 0 Å². The molecule has 0 aliphatic heterocycles. The quantitative estimate of drug-likeness (QED) is 0.474. The van der Waals surface area contributed by atoms with Gasteiger partial charge in [-0.15, -0.1) is 24.8 Å². The summed E-state index contributed by atoms with van der Waals surface area (Å²) < 4.78 is 3.16. The summed E-state index contributed by atoms with van der Waals surface area (Å²) in [5, 5.41) is 0. The molecule has 0 radical (unpaired) electrons. The first-order valence-electron chi connectivity index (χ1n) is 4.12. The molecular weight excluding hydrogens is 215 g/mol. The van der Waals surface area contributed by atoms with E-state index in [0.717, 1.165) is 0 Å². The molecule has 0 aliphatic carbocycles. The molecule has 0 aromatic rings. The van der Waals surface area contributed by atoms with Crippen LogP contribution in [0.3, 0.4) is 0 Å². The summed E-state index contributed by atoms with van der Waals surface area (Å²) in [5.41, 5.74) is 0. The van der Waals surface area contributed by atoms with Gasteiger partial charge in [0.1, 0.15) is 0 Å². The molecule has 0 unspecified atom stereocenters. The van der Waals surface area contributed by atoms with Crippen LogP contribution in [0.25, 0.3) is 0 Å². The van der Waals surface area contributed by atoms with E-state index >= 15 is 0 Å². The molecule has 3 heteroatoms. The summed E-state index contributed by atoms with van der Waals surface area (Å²) in [6.07, 6.45) is 5.78. The van der Waals surface area contributed by atoms with Crippen molar-refractivity contribution in [2.45, 2.75) is 49.0 Å². The van der Waals surface area contributed by atoms with Crippen LogP contribution in [-0.2, 0) is 19.2 Å². The van der Waals surface area contributed by atoms with Gasteiger partial charge in [-0.25, -0.2) is 0 Å². The smallest absolute Gasteiger partial charge is 0.147 e. The number of halogens is 2. The summed E-state index contributed by atoms with van der Waals surface area (Å²) in [6.45, 7) is 4.57. The zero-order chi connectivity index (χ0) is 6.95. The average Bonchev–Trinajstić information content (AvgIpc) is 1.89. The van der Waals surface area contributed by atoms with Gasteiger partial charge >= 0.3 is 68.1 Å². The number of hydrogen-bond acceptors (Lipinski definition) is 0. The van der Waals surface area contributed by atoms with E-state index in [-0.39, 0.29) is 24.8 Å². The predicted molar refractivity (Wildman–Crippen MR) is 53.9 cm³/mol. The van der Waals surface area contributed by atoms with Crippen LogP contribution in [0, 0.1) is 0 Å². The first-order chi connectivity index (χ1) is 4.41. The van der Waals surface area contributed by atoms with E-state index < -0.39 is 0 Å². The summed E-state index contributed by atoms with van der Waals surface area (Å²) in [7, 11) is 0. The minimum absolute atomic E-state index is 0. The van der Waals surface area contributed by atoms with Crippen molar-refractivity contribution in [2.24, 2.45) is 0 Å². The molecule has 0 bridgehead atoms. The van der Waals surface area contributed by atoms with Gasteiger partial charge in [0.25, 0.3) is 0 Å². The van der Waals surface area contributed by atoms with Gasteiger partial charge in [0.15, 0.2) is 0 Å². The summed E-state index contributed by atoms with van der Waals surface area (Å²) in [6, 6.07) is 0. The Morgan fingerprint density at radius 1 is 0.818 bits per heavy atom. The SMILES string of the molecule is CCC[CH2][Ti][CH2]CCC.Cl.Cl. The van der Waals surface area contributed by atoms with Crippen LogP contribution in [0.5, 0.6) is 0 Å². The standard InChI is InChI=1S/2C4H9.2ClH.Ti/c2*1-3-4-2;;;/h2*1,3-4H2,2H3;2*1H;. The Balaban J connectivity index is -0.000000320. The normalized spacial score (nSPS) is 7.82. The van der Waals surface area contributed by atoms with E-state index in [4.69, 9.17) is 0 Å². The zero-order valence-electron chi connectivity index (χ0n) is 7.56. The molecule has 0 N–H and O–H groups in total. The molecule has 0 saturated carbocycles. The van der Waals surface area contributed by atoms with Gasteiger partial charge in [-0.1, -0.05) is 0 Å². The van der Waals surface area contributed by atoms with E-state index in [1.807, 2.05) is 0 Å². The third kappa shape index (κ3) is 18.3. The maximum absolute atomic E-state index is 2.28. The molecule has 11 heavy (non-hydrogen) atoms. The minimum Gasteiger partial charge on any atom is -0.147 e. The van der Waals surface area contributed by atoms with Crippen LogP contribution in [0.2, 0.25) is 9.45 Å². The molecular formula is C8H20Cl2Ti. The predicted octanol–water partition coefficient (Wildman–Crippen LogP) is 4.35. The Bertz CT molecular complexity index is 45.4. The molecule has 0 heterocycles. The topological polar surface area (TPSA) is 0 Å². The third-order valence-electron chi connectivity index (χ3n) is 1.41. The largest absolute Gasteiger partial charge is 0.147 e. The Morgan fingerprint density at radius 3 is 1.45 bits per heavy atom. The molecule has 0 atom stereocenters. The van der Waals surface area contributed by atoms with Crippen LogP contribution in [0.4, 0.5) is 0 Å². The van der Waals surface area contributed by atoms with Crippen molar-refractivity contribution in [3.63, 3.8) is 0 Å². The molecule has 0 spiro atoms. The van der Waals surface area contributed by atoms with Crippen molar-refractivity contribution in [1.29, 1.82) is 0 Å². The van der Waals surface area contributed by atoms with Crippen molar-refractivity contribution < 1.29 is 19.2 Å². The molecule has 0 aromatic heterocycles. The summed E-state index contributed by atoms with van der Waals surface area (Å²) in [5.74, 6) is 0. The van der Waals surface area contributed by atoms with Crippen LogP contribution in [0.1, 0.15) is 39.5 Å². The van der Waals surface area contributed by atoms with Gasteiger partial charge in [0, 0.05) is 0 Å². The second-order valence-corrected chi connectivity index (χ2v) is 4.80. The van der Waals surface area contributed by atoms with Crippen molar-refractivity contribution >= 4 is 24.8 Å². The zero-order valence-corrected chi connectivity index (χ0v) is 10.8. The average molecular weight is 235 g/mol. The molecule has 0 nitrogen and oxygen atoms in total. The first kappa shape index (κ1) is 18.2. The van der Waals surface area contributed by atoms with E-state index in [1.165, 1.54) is 25.7 Å². The molecule has 0 aliphatic rings. The molecule has 0 saturated heterocycles. The molecule has 0 amide bonds. The fourth-order valence-corrected chi connectivity index (χ4v) is 3.00. The number of hydrogen-bond donors (Lipinski definition) is 0. The van der Waals surface area contributed by atoms with E-state index in [2.05, 4.69) is 13.8 Å². The van der Waals surface area contributed by atoms with Gasteiger partial charge in [-0.05, 0) is 0 Å². The third-order valence-corrected chi connectivity index (χ3v) is 3.62.